The molecule has 1 atom stereocenters. The molecule has 38 heavy (non-hydrogen) atoms. The summed E-state index contributed by atoms with van der Waals surface area (Å²) in [6.45, 7) is 4.28. The van der Waals surface area contributed by atoms with Crippen molar-refractivity contribution in [3.8, 4) is 23.0 Å². The van der Waals surface area contributed by atoms with Gasteiger partial charge in [-0.25, -0.2) is 22.5 Å². The van der Waals surface area contributed by atoms with Crippen LogP contribution in [0.15, 0.2) is 48.7 Å². The molecule has 196 valence electrons. The van der Waals surface area contributed by atoms with Crippen molar-refractivity contribution in [1.82, 2.24) is 24.9 Å². The molecule has 0 aliphatic rings. The third-order valence-electron chi connectivity index (χ3n) is 5.44. The van der Waals surface area contributed by atoms with Crippen LogP contribution in [0.25, 0.3) is 16.8 Å². The number of hydrogen-bond acceptors (Lipinski definition) is 5. The second-order valence-electron chi connectivity index (χ2n) is 9.15. The second kappa shape index (κ2) is 10.6. The van der Waals surface area contributed by atoms with Crippen molar-refractivity contribution in [2.24, 2.45) is 0 Å². The van der Waals surface area contributed by atoms with Gasteiger partial charge in [0.05, 0.1) is 11.7 Å². The highest BCUT2D eigenvalue weighted by atomic mass is 19.3. The standard InChI is InChI=1S/C27H23F4N5O2/c1-15(37)32-22(13-16-11-17(28)14-18(29)12-16)23-20(7-6-19(33-23)8-9-27(2,3)38)21-5-4-10-36-25(21)34-35-26(36)24(30)31/h4-7,10-12,14,22,24,38H,13H2,1-3H3,(H,32,37)/t22-/m0/s1. The van der Waals surface area contributed by atoms with E-state index in [9.17, 15) is 27.5 Å². The van der Waals surface area contributed by atoms with Gasteiger partial charge in [-0.1, -0.05) is 5.92 Å². The van der Waals surface area contributed by atoms with Crippen LogP contribution in [0.3, 0.4) is 0 Å². The SMILES string of the molecule is CC(=O)N[C@@H](Cc1cc(F)cc(F)c1)c1nc(C#CC(C)(C)O)ccc1-c1cccn2c(C(F)F)nnc12. The van der Waals surface area contributed by atoms with Crippen LogP contribution in [0.1, 0.15) is 56.0 Å². The van der Waals surface area contributed by atoms with E-state index < -0.39 is 41.4 Å². The van der Waals surface area contributed by atoms with Crippen LogP contribution in [0.5, 0.6) is 0 Å². The number of fused-ring (bicyclic) bond motifs is 1. The lowest BCUT2D eigenvalue weighted by molar-refractivity contribution is -0.119. The molecule has 3 heterocycles. The molecule has 0 aliphatic carbocycles. The van der Waals surface area contributed by atoms with Crippen LogP contribution in [0.2, 0.25) is 0 Å². The Morgan fingerprint density at radius 2 is 1.82 bits per heavy atom. The van der Waals surface area contributed by atoms with E-state index in [4.69, 9.17) is 0 Å². The maximum Gasteiger partial charge on any atom is 0.297 e. The fourth-order valence-corrected chi connectivity index (χ4v) is 3.97. The molecule has 4 rings (SSSR count). The van der Waals surface area contributed by atoms with Crippen molar-refractivity contribution in [1.29, 1.82) is 0 Å². The average Bonchev–Trinajstić information content (AvgIpc) is 3.26. The number of carbonyl (C=O) groups is 1. The zero-order chi connectivity index (χ0) is 27.6. The van der Waals surface area contributed by atoms with Crippen molar-refractivity contribution in [3.05, 3.63) is 83.1 Å². The number of alkyl halides is 2. The molecule has 11 heteroatoms. The predicted molar refractivity (Wildman–Crippen MR) is 131 cm³/mol. The number of aromatic nitrogens is 4. The van der Waals surface area contributed by atoms with E-state index in [1.807, 2.05) is 0 Å². The van der Waals surface area contributed by atoms with E-state index in [1.165, 1.54) is 27.0 Å². The van der Waals surface area contributed by atoms with Gasteiger partial charge in [-0.3, -0.25) is 9.20 Å². The van der Waals surface area contributed by atoms with Gasteiger partial charge in [0.2, 0.25) is 11.7 Å². The molecule has 4 aromatic rings. The summed E-state index contributed by atoms with van der Waals surface area (Å²) in [5, 5.41) is 20.3. The van der Waals surface area contributed by atoms with Crippen molar-refractivity contribution in [3.63, 3.8) is 0 Å². The molecule has 7 nitrogen and oxygen atoms in total. The second-order valence-corrected chi connectivity index (χ2v) is 9.15. The zero-order valence-corrected chi connectivity index (χ0v) is 20.6. The maximum atomic E-state index is 13.9. The molecule has 1 aromatic carbocycles. The molecule has 1 amide bonds. The lowest BCUT2D eigenvalue weighted by Gasteiger charge is -2.21. The minimum atomic E-state index is -2.87. The van der Waals surface area contributed by atoms with E-state index in [1.54, 1.807) is 24.3 Å². The molecule has 0 radical (unpaired) electrons. The van der Waals surface area contributed by atoms with Crippen molar-refractivity contribution in [2.75, 3.05) is 0 Å². The van der Waals surface area contributed by atoms with E-state index in [0.717, 1.165) is 22.6 Å². The highest BCUT2D eigenvalue weighted by Gasteiger charge is 2.24. The van der Waals surface area contributed by atoms with Gasteiger partial charge < -0.3 is 10.4 Å². The lowest BCUT2D eigenvalue weighted by atomic mass is 9.95. The summed E-state index contributed by atoms with van der Waals surface area (Å²) in [5.74, 6) is 2.88. The van der Waals surface area contributed by atoms with Gasteiger partial charge in [-0.15, -0.1) is 10.2 Å². The van der Waals surface area contributed by atoms with Gasteiger partial charge in [-0.05, 0) is 68.2 Å². The van der Waals surface area contributed by atoms with E-state index in [2.05, 4.69) is 32.3 Å². The van der Waals surface area contributed by atoms with Crippen LogP contribution in [0, 0.1) is 23.5 Å². The molecule has 0 fully saturated rings. The summed E-state index contributed by atoms with van der Waals surface area (Å²) in [6.07, 6.45) is -1.51. The Hall–Kier alpha value is -4.30. The summed E-state index contributed by atoms with van der Waals surface area (Å²) in [7, 11) is 0. The first-order valence-electron chi connectivity index (χ1n) is 11.5. The number of carbonyl (C=O) groups excluding carboxylic acids is 1. The van der Waals surface area contributed by atoms with Gasteiger partial charge in [0.1, 0.15) is 22.9 Å². The number of aliphatic hydroxyl groups is 1. The highest BCUT2D eigenvalue weighted by molar-refractivity contribution is 5.80. The fourth-order valence-electron chi connectivity index (χ4n) is 3.97. The molecule has 0 saturated heterocycles. The smallest absolute Gasteiger partial charge is 0.297 e. The minimum absolute atomic E-state index is 0.0469. The fraction of sp³-hybridized carbons (Fsp3) is 0.259. The number of nitrogens with one attached hydrogen (secondary N) is 1. The quantitative estimate of drug-likeness (QED) is 0.285. The maximum absolute atomic E-state index is 13.9. The number of hydrogen-bond donors (Lipinski definition) is 2. The minimum Gasteiger partial charge on any atom is -0.378 e. The number of nitrogens with zero attached hydrogens (tertiary/aromatic N) is 4. The Kier molecular flexibility index (Phi) is 7.46. The predicted octanol–water partition coefficient (Wildman–Crippen LogP) is 4.55. The molecular formula is C27H23F4N5O2. The van der Waals surface area contributed by atoms with Gasteiger partial charge in [0.15, 0.2) is 5.65 Å². The molecule has 0 unspecified atom stereocenters. The van der Waals surface area contributed by atoms with Crippen LogP contribution < -0.4 is 5.32 Å². The third-order valence-corrected chi connectivity index (χ3v) is 5.44. The van der Waals surface area contributed by atoms with Gasteiger partial charge in [0, 0.05) is 30.3 Å². The first-order chi connectivity index (χ1) is 17.9. The lowest BCUT2D eigenvalue weighted by Crippen LogP contribution is -2.29. The van der Waals surface area contributed by atoms with Crippen molar-refractivity contribution in [2.45, 2.75) is 45.3 Å². The molecule has 0 aliphatic heterocycles. The number of halogens is 4. The Labute approximate surface area is 215 Å². The van der Waals surface area contributed by atoms with E-state index in [-0.39, 0.29) is 29.0 Å². The van der Waals surface area contributed by atoms with Gasteiger partial charge >= 0.3 is 0 Å². The number of amides is 1. The summed E-state index contributed by atoms with van der Waals surface area (Å²) >= 11 is 0. The summed E-state index contributed by atoms with van der Waals surface area (Å²) < 4.78 is 56.0. The monoisotopic (exact) mass is 525 g/mol. The van der Waals surface area contributed by atoms with Crippen LogP contribution >= 0.6 is 0 Å². The molecule has 2 N–H and O–H groups in total. The average molecular weight is 526 g/mol. The molecule has 3 aromatic heterocycles. The number of benzene rings is 1. The van der Waals surface area contributed by atoms with E-state index in [0.29, 0.717) is 11.1 Å². The first-order valence-corrected chi connectivity index (χ1v) is 11.5. The van der Waals surface area contributed by atoms with Crippen LogP contribution in [-0.2, 0) is 11.2 Å². The van der Waals surface area contributed by atoms with Crippen LogP contribution in [0.4, 0.5) is 17.6 Å². The Balaban J connectivity index is 1.93. The summed E-state index contributed by atoms with van der Waals surface area (Å²) in [5.41, 5.74) is 0.359. The summed E-state index contributed by atoms with van der Waals surface area (Å²) in [4.78, 5) is 16.8. The molecule has 0 saturated carbocycles. The summed E-state index contributed by atoms with van der Waals surface area (Å²) in [6, 6.07) is 8.49. The third kappa shape index (κ3) is 6.15. The first kappa shape index (κ1) is 26.8. The van der Waals surface area contributed by atoms with Crippen molar-refractivity contribution >= 4 is 11.6 Å². The molecular weight excluding hydrogens is 502 g/mol. The molecule has 0 spiro atoms. The topological polar surface area (TPSA) is 92.4 Å². The Morgan fingerprint density at radius 1 is 1.11 bits per heavy atom. The molecule has 0 bridgehead atoms. The van der Waals surface area contributed by atoms with Crippen molar-refractivity contribution < 1.29 is 27.5 Å². The van der Waals surface area contributed by atoms with Gasteiger partial charge in [0.25, 0.3) is 6.43 Å². The highest BCUT2D eigenvalue weighted by Crippen LogP contribution is 2.33. The van der Waals surface area contributed by atoms with Gasteiger partial charge in [-0.2, -0.15) is 0 Å². The largest absolute Gasteiger partial charge is 0.378 e. The zero-order valence-electron chi connectivity index (χ0n) is 20.6. The van der Waals surface area contributed by atoms with Crippen LogP contribution in [-0.4, -0.2) is 36.2 Å². The van der Waals surface area contributed by atoms with E-state index >= 15 is 0 Å². The number of pyridine rings is 2. The Bertz CT molecular complexity index is 1550. The normalized spacial score (nSPS) is 12.3. The Morgan fingerprint density at radius 3 is 2.45 bits per heavy atom. The number of rotatable bonds is 6.